The molecule has 2 heterocycles. The van der Waals surface area contributed by atoms with E-state index in [0.717, 1.165) is 30.8 Å². The molecule has 0 radical (unpaired) electrons. The molecule has 0 aromatic rings. The Morgan fingerprint density at radius 1 is 1.27 bits per heavy atom. The normalized spacial score (nSPS) is 22.6. The van der Waals surface area contributed by atoms with E-state index < -0.39 is 17.7 Å². The van der Waals surface area contributed by atoms with E-state index in [4.69, 9.17) is 0 Å². The lowest BCUT2D eigenvalue weighted by molar-refractivity contribution is -0.125. The molecule has 22 heavy (non-hydrogen) atoms. The highest BCUT2D eigenvalue weighted by Crippen LogP contribution is 2.37. The molecule has 0 aliphatic carbocycles. The molecular weight excluding hydrogens is 293 g/mol. The molecule has 0 aromatic heterocycles. The number of amides is 1. The van der Waals surface area contributed by atoms with Crippen LogP contribution in [0.4, 0.5) is 13.2 Å². The summed E-state index contributed by atoms with van der Waals surface area (Å²) in [6.45, 7) is 5.01. The predicted octanol–water partition coefficient (Wildman–Crippen LogP) is 3.61. The molecule has 1 fully saturated rings. The van der Waals surface area contributed by atoms with Crippen molar-refractivity contribution in [1.82, 2.24) is 9.80 Å². The van der Waals surface area contributed by atoms with E-state index in [1.165, 1.54) is 38.6 Å². The van der Waals surface area contributed by atoms with Gasteiger partial charge in [0, 0.05) is 19.7 Å². The molecule has 0 atom stereocenters. The second-order valence-electron chi connectivity index (χ2n) is 5.66. The number of hydrogen-bond donors (Lipinski definition) is 0. The van der Waals surface area contributed by atoms with Crippen LogP contribution in [0, 0.1) is 0 Å². The first-order chi connectivity index (χ1) is 10.3. The van der Waals surface area contributed by atoms with Crippen molar-refractivity contribution in [3.8, 4) is 0 Å². The Balaban J connectivity index is 2.30. The Kier molecular flexibility index (Phi) is 5.11. The molecule has 1 amide bonds. The third-order valence-corrected chi connectivity index (χ3v) is 3.93. The van der Waals surface area contributed by atoms with Gasteiger partial charge in [0.05, 0.1) is 11.3 Å². The van der Waals surface area contributed by atoms with Gasteiger partial charge in [-0.05, 0) is 44.5 Å². The lowest BCUT2D eigenvalue weighted by Gasteiger charge is -2.32. The maximum atomic E-state index is 13.3. The minimum atomic E-state index is -4.48. The first-order valence-electron chi connectivity index (χ1n) is 7.51. The first kappa shape index (κ1) is 16.8. The Hall–Kier alpha value is -1.56. The van der Waals surface area contributed by atoms with Crippen LogP contribution in [-0.4, -0.2) is 41.5 Å². The minimum Gasteiger partial charge on any atom is -0.299 e. The maximum Gasteiger partial charge on any atom is 0.418 e. The molecule has 122 valence electrons. The Labute approximate surface area is 128 Å². The summed E-state index contributed by atoms with van der Waals surface area (Å²) in [5, 5.41) is 0. The monoisotopic (exact) mass is 314 g/mol. The van der Waals surface area contributed by atoms with Gasteiger partial charge in [-0.25, -0.2) is 0 Å². The second kappa shape index (κ2) is 6.69. The van der Waals surface area contributed by atoms with Crippen LogP contribution in [0.25, 0.3) is 0 Å². The largest absolute Gasteiger partial charge is 0.418 e. The zero-order valence-corrected chi connectivity index (χ0v) is 12.9. The molecule has 0 spiro atoms. The summed E-state index contributed by atoms with van der Waals surface area (Å²) < 4.78 is 39.8. The van der Waals surface area contributed by atoms with Crippen LogP contribution in [-0.2, 0) is 4.79 Å². The molecule has 3 nitrogen and oxygen atoms in total. The van der Waals surface area contributed by atoms with E-state index in [9.17, 15) is 18.0 Å². The van der Waals surface area contributed by atoms with Crippen LogP contribution in [0.1, 0.15) is 33.1 Å². The van der Waals surface area contributed by atoms with E-state index >= 15 is 0 Å². The topological polar surface area (TPSA) is 23.6 Å². The molecule has 0 N–H and O–H groups in total. The van der Waals surface area contributed by atoms with E-state index in [0.29, 0.717) is 12.1 Å². The minimum absolute atomic E-state index is 0.0950. The van der Waals surface area contributed by atoms with Crippen molar-refractivity contribution >= 4 is 5.91 Å². The van der Waals surface area contributed by atoms with Gasteiger partial charge in [-0.15, -0.1) is 0 Å². The van der Waals surface area contributed by atoms with Gasteiger partial charge >= 0.3 is 6.18 Å². The number of allylic oxidation sites excluding steroid dienone is 2. The number of alkyl halides is 3. The van der Waals surface area contributed by atoms with Crippen LogP contribution >= 0.6 is 0 Å². The summed E-state index contributed by atoms with van der Waals surface area (Å²) in [6, 6.07) is 0. The quantitative estimate of drug-likeness (QED) is 0.777. The van der Waals surface area contributed by atoms with Crippen molar-refractivity contribution in [3.05, 3.63) is 35.2 Å². The van der Waals surface area contributed by atoms with E-state index in [1.807, 2.05) is 0 Å². The fourth-order valence-electron chi connectivity index (χ4n) is 2.91. The van der Waals surface area contributed by atoms with Gasteiger partial charge in [-0.3, -0.25) is 14.6 Å². The van der Waals surface area contributed by atoms with Crippen molar-refractivity contribution < 1.29 is 18.0 Å². The van der Waals surface area contributed by atoms with Crippen molar-refractivity contribution in [1.29, 1.82) is 0 Å². The van der Waals surface area contributed by atoms with Crippen LogP contribution < -0.4 is 0 Å². The highest BCUT2D eigenvalue weighted by atomic mass is 19.4. The Morgan fingerprint density at radius 2 is 1.91 bits per heavy atom. The average Bonchev–Trinajstić information content (AvgIpc) is 2.46. The van der Waals surface area contributed by atoms with Gasteiger partial charge in [-0.1, -0.05) is 12.5 Å². The summed E-state index contributed by atoms with van der Waals surface area (Å²) in [5.41, 5.74) is -0.322. The SMILES string of the molecule is C/C=C1/C(C(F)(F)F)=CC(CN2CCCCC2)=CN1C(C)=O. The maximum absolute atomic E-state index is 13.3. The van der Waals surface area contributed by atoms with Gasteiger partial charge in [0.2, 0.25) is 5.91 Å². The molecule has 0 aromatic carbocycles. The first-order valence-corrected chi connectivity index (χ1v) is 7.51. The molecule has 1 saturated heterocycles. The molecule has 2 aliphatic heterocycles. The van der Waals surface area contributed by atoms with Gasteiger partial charge in [0.25, 0.3) is 0 Å². The molecular formula is C16H21F3N2O. The smallest absolute Gasteiger partial charge is 0.299 e. The number of halogens is 3. The van der Waals surface area contributed by atoms with Crippen molar-refractivity contribution in [2.45, 2.75) is 39.3 Å². The number of likely N-dealkylation sites (tertiary alicyclic amines) is 1. The summed E-state index contributed by atoms with van der Waals surface area (Å²) in [5.74, 6) is -0.418. The molecule has 0 saturated carbocycles. The van der Waals surface area contributed by atoms with Crippen molar-refractivity contribution in [2.75, 3.05) is 19.6 Å². The number of hydrogen-bond acceptors (Lipinski definition) is 2. The predicted molar refractivity (Wildman–Crippen MR) is 78.8 cm³/mol. The number of rotatable bonds is 2. The summed E-state index contributed by atoms with van der Waals surface area (Å²) >= 11 is 0. The molecule has 0 bridgehead atoms. The highest BCUT2D eigenvalue weighted by Gasteiger charge is 2.40. The van der Waals surface area contributed by atoms with Crippen LogP contribution in [0.3, 0.4) is 0 Å². The number of carbonyl (C=O) groups excluding carboxylic acids is 1. The fourth-order valence-corrected chi connectivity index (χ4v) is 2.91. The van der Waals surface area contributed by atoms with Gasteiger partial charge in [0.15, 0.2) is 0 Å². The van der Waals surface area contributed by atoms with Gasteiger partial charge < -0.3 is 0 Å². The average molecular weight is 314 g/mol. The zero-order chi connectivity index (χ0) is 16.3. The van der Waals surface area contributed by atoms with Crippen LogP contribution in [0.2, 0.25) is 0 Å². The summed E-state index contributed by atoms with van der Waals surface area (Å²) in [4.78, 5) is 14.9. The molecule has 0 unspecified atom stereocenters. The Morgan fingerprint density at radius 3 is 2.41 bits per heavy atom. The van der Waals surface area contributed by atoms with Crippen LogP contribution in [0.5, 0.6) is 0 Å². The third kappa shape index (κ3) is 3.80. The summed E-state index contributed by atoms with van der Waals surface area (Å²) in [7, 11) is 0. The van der Waals surface area contributed by atoms with Crippen molar-refractivity contribution in [3.63, 3.8) is 0 Å². The van der Waals surface area contributed by atoms with E-state index in [2.05, 4.69) is 4.90 Å². The lowest BCUT2D eigenvalue weighted by Crippen LogP contribution is -2.35. The van der Waals surface area contributed by atoms with Gasteiger partial charge in [-0.2, -0.15) is 13.2 Å². The number of carbonyl (C=O) groups is 1. The van der Waals surface area contributed by atoms with Crippen LogP contribution in [0.15, 0.2) is 35.2 Å². The highest BCUT2D eigenvalue weighted by molar-refractivity contribution is 5.79. The van der Waals surface area contributed by atoms with Gasteiger partial charge in [0.1, 0.15) is 0 Å². The second-order valence-corrected chi connectivity index (χ2v) is 5.66. The van der Waals surface area contributed by atoms with E-state index in [-0.39, 0.29) is 5.70 Å². The lowest BCUT2D eigenvalue weighted by atomic mass is 10.0. The van der Waals surface area contributed by atoms with Crippen molar-refractivity contribution in [2.24, 2.45) is 0 Å². The third-order valence-electron chi connectivity index (χ3n) is 3.93. The van der Waals surface area contributed by atoms with E-state index in [1.54, 1.807) is 0 Å². The number of nitrogens with zero attached hydrogens (tertiary/aromatic N) is 2. The standard InChI is InChI=1S/C16H21F3N2O/c1-3-15-14(16(17,18)19)9-13(11-21(15)12(2)22)10-20-7-5-4-6-8-20/h3,9,11H,4-8,10H2,1-2H3/b15-3-. The number of piperidine rings is 1. The molecule has 2 aliphatic rings. The molecule has 2 rings (SSSR count). The zero-order valence-electron chi connectivity index (χ0n) is 12.9. The fraction of sp³-hybridized carbons (Fsp3) is 0.562. The summed E-state index contributed by atoms with van der Waals surface area (Å²) in [6.07, 6.45) is 2.86. The molecule has 6 heteroatoms. The Bertz CT molecular complexity index is 526.